The van der Waals surface area contributed by atoms with Crippen molar-refractivity contribution in [2.75, 3.05) is 0 Å². The number of aliphatic hydroxyl groups excluding tert-OH is 3. The van der Waals surface area contributed by atoms with Gasteiger partial charge in [-0.2, -0.15) is 0 Å². The van der Waals surface area contributed by atoms with Gasteiger partial charge in [-0.1, -0.05) is 33.1 Å². The second-order valence-electron chi connectivity index (χ2n) is 5.94. The highest BCUT2D eigenvalue weighted by Crippen LogP contribution is 2.36. The van der Waals surface area contributed by atoms with Crippen molar-refractivity contribution in [2.45, 2.75) is 71.2 Å². The second-order valence-corrected chi connectivity index (χ2v) is 5.94. The molecule has 102 valence electrons. The van der Waals surface area contributed by atoms with Crippen LogP contribution in [0.25, 0.3) is 0 Å². The fraction of sp³-hybridized carbons (Fsp3) is 1.00. The van der Waals surface area contributed by atoms with Crippen LogP contribution in [0, 0.1) is 17.8 Å². The van der Waals surface area contributed by atoms with Gasteiger partial charge in [0.1, 0.15) is 0 Å². The first-order valence-corrected chi connectivity index (χ1v) is 6.99. The van der Waals surface area contributed by atoms with E-state index in [1.165, 1.54) is 19.3 Å². The summed E-state index contributed by atoms with van der Waals surface area (Å²) in [4.78, 5) is 0. The number of hydrogen-bond donors (Lipinski definition) is 3. The molecule has 3 N–H and O–H groups in total. The summed E-state index contributed by atoms with van der Waals surface area (Å²) in [5.41, 5.74) is 0. The molecule has 0 saturated heterocycles. The first-order chi connectivity index (χ1) is 7.95. The van der Waals surface area contributed by atoms with Crippen molar-refractivity contribution in [3.05, 3.63) is 0 Å². The maximum absolute atomic E-state index is 10.3. The van der Waals surface area contributed by atoms with Gasteiger partial charge in [-0.25, -0.2) is 0 Å². The number of rotatable bonds is 5. The van der Waals surface area contributed by atoms with E-state index < -0.39 is 18.3 Å². The van der Waals surface area contributed by atoms with Crippen molar-refractivity contribution in [2.24, 2.45) is 17.8 Å². The molecule has 0 aliphatic heterocycles. The topological polar surface area (TPSA) is 60.7 Å². The first kappa shape index (κ1) is 14.9. The molecule has 0 heterocycles. The van der Waals surface area contributed by atoms with Crippen molar-refractivity contribution in [1.29, 1.82) is 0 Å². The Morgan fingerprint density at radius 3 is 1.76 bits per heavy atom. The molecule has 0 amide bonds. The van der Waals surface area contributed by atoms with E-state index in [0.717, 1.165) is 12.8 Å². The number of hydrogen-bond acceptors (Lipinski definition) is 3. The summed E-state index contributed by atoms with van der Waals surface area (Å²) in [6.07, 6.45) is 3.65. The predicted molar refractivity (Wildman–Crippen MR) is 68.6 cm³/mol. The fourth-order valence-corrected chi connectivity index (χ4v) is 3.04. The van der Waals surface area contributed by atoms with E-state index >= 15 is 0 Å². The van der Waals surface area contributed by atoms with E-state index in [9.17, 15) is 15.3 Å². The van der Waals surface area contributed by atoms with E-state index in [4.69, 9.17) is 0 Å². The summed E-state index contributed by atoms with van der Waals surface area (Å²) in [7, 11) is 0. The van der Waals surface area contributed by atoms with Gasteiger partial charge >= 0.3 is 0 Å². The maximum atomic E-state index is 10.3. The minimum absolute atomic E-state index is 0.121. The lowest BCUT2D eigenvalue weighted by Gasteiger charge is -2.39. The molecule has 0 radical (unpaired) electrons. The van der Waals surface area contributed by atoms with Gasteiger partial charge in [0.05, 0.1) is 18.3 Å². The van der Waals surface area contributed by atoms with E-state index in [1.54, 1.807) is 6.92 Å². The van der Waals surface area contributed by atoms with Crippen molar-refractivity contribution < 1.29 is 15.3 Å². The van der Waals surface area contributed by atoms with Crippen LogP contribution in [0.15, 0.2) is 0 Å². The molecule has 3 heteroatoms. The molecule has 1 rings (SSSR count). The first-order valence-electron chi connectivity index (χ1n) is 6.99. The Balaban J connectivity index is 2.76. The van der Waals surface area contributed by atoms with Crippen LogP contribution < -0.4 is 0 Å². The Morgan fingerprint density at radius 1 is 0.824 bits per heavy atom. The summed E-state index contributed by atoms with van der Waals surface area (Å²) >= 11 is 0. The lowest BCUT2D eigenvalue weighted by atomic mass is 9.71. The van der Waals surface area contributed by atoms with Crippen LogP contribution in [0.2, 0.25) is 0 Å². The fourth-order valence-electron chi connectivity index (χ4n) is 3.04. The second kappa shape index (κ2) is 6.72. The van der Waals surface area contributed by atoms with Gasteiger partial charge in [0, 0.05) is 5.92 Å². The van der Waals surface area contributed by atoms with Crippen LogP contribution in [0.1, 0.15) is 52.9 Å². The van der Waals surface area contributed by atoms with Gasteiger partial charge in [0.15, 0.2) is 0 Å². The summed E-state index contributed by atoms with van der Waals surface area (Å²) < 4.78 is 0. The van der Waals surface area contributed by atoms with E-state index in [-0.39, 0.29) is 11.8 Å². The van der Waals surface area contributed by atoms with Crippen LogP contribution in [0.5, 0.6) is 0 Å². The zero-order chi connectivity index (χ0) is 13.0. The molecular weight excluding hydrogens is 216 g/mol. The molecule has 1 saturated carbocycles. The van der Waals surface area contributed by atoms with Crippen molar-refractivity contribution in [3.63, 3.8) is 0 Å². The summed E-state index contributed by atoms with van der Waals surface area (Å²) in [5.74, 6) is 0.288. The quantitative estimate of drug-likeness (QED) is 0.692. The number of aliphatic hydroxyl groups is 3. The SMILES string of the molecule is CC(C)[C@H](O)[C@H](C1CCCCC1)[C@@H](O)[C@@H](C)O. The zero-order valence-corrected chi connectivity index (χ0v) is 11.3. The van der Waals surface area contributed by atoms with Crippen LogP contribution in [0.3, 0.4) is 0 Å². The molecule has 0 spiro atoms. The molecule has 4 atom stereocenters. The molecule has 0 bridgehead atoms. The Bertz CT molecular complexity index is 196. The standard InChI is InChI=1S/C14H28O3/c1-9(2)13(16)12(14(17)10(3)15)11-7-5-4-6-8-11/h9-17H,4-8H2,1-3H3/t10-,12+,13+,14+/m1/s1. The maximum Gasteiger partial charge on any atom is 0.0851 e. The molecule has 1 aliphatic rings. The van der Waals surface area contributed by atoms with E-state index in [1.807, 2.05) is 13.8 Å². The van der Waals surface area contributed by atoms with Gasteiger partial charge in [0.2, 0.25) is 0 Å². The molecule has 0 unspecified atom stereocenters. The van der Waals surface area contributed by atoms with Gasteiger partial charge in [-0.05, 0) is 31.6 Å². The van der Waals surface area contributed by atoms with Crippen LogP contribution in [-0.2, 0) is 0 Å². The third-order valence-corrected chi connectivity index (χ3v) is 4.16. The highest BCUT2D eigenvalue weighted by molar-refractivity contribution is 4.87. The minimum Gasteiger partial charge on any atom is -0.392 e. The molecule has 0 aromatic heterocycles. The monoisotopic (exact) mass is 244 g/mol. The molecule has 0 aromatic rings. The largest absolute Gasteiger partial charge is 0.392 e. The highest BCUT2D eigenvalue weighted by Gasteiger charge is 2.37. The Labute approximate surface area is 105 Å². The van der Waals surface area contributed by atoms with E-state index in [2.05, 4.69) is 0 Å². The highest BCUT2D eigenvalue weighted by atomic mass is 16.3. The normalized spacial score (nSPS) is 25.6. The molecular formula is C14H28O3. The van der Waals surface area contributed by atoms with Crippen molar-refractivity contribution in [3.8, 4) is 0 Å². The summed E-state index contributed by atoms with van der Waals surface area (Å²) in [5, 5.41) is 30.0. The van der Waals surface area contributed by atoms with Crippen molar-refractivity contribution in [1.82, 2.24) is 0 Å². The Hall–Kier alpha value is -0.120. The van der Waals surface area contributed by atoms with E-state index in [0.29, 0.717) is 5.92 Å². The lowest BCUT2D eigenvalue weighted by molar-refractivity contribution is -0.0902. The van der Waals surface area contributed by atoms with Gasteiger partial charge < -0.3 is 15.3 Å². The lowest BCUT2D eigenvalue weighted by Crippen LogP contribution is -2.45. The van der Waals surface area contributed by atoms with Crippen LogP contribution in [-0.4, -0.2) is 33.6 Å². The Kier molecular flexibility index (Phi) is 5.90. The summed E-state index contributed by atoms with van der Waals surface area (Å²) in [6.45, 7) is 5.54. The van der Waals surface area contributed by atoms with Crippen LogP contribution in [0.4, 0.5) is 0 Å². The van der Waals surface area contributed by atoms with Gasteiger partial charge in [0.25, 0.3) is 0 Å². The molecule has 17 heavy (non-hydrogen) atoms. The minimum atomic E-state index is -0.810. The Morgan fingerprint density at radius 2 is 1.35 bits per heavy atom. The van der Waals surface area contributed by atoms with Crippen molar-refractivity contribution >= 4 is 0 Å². The molecule has 3 nitrogen and oxygen atoms in total. The molecule has 1 aliphatic carbocycles. The third kappa shape index (κ3) is 3.94. The zero-order valence-electron chi connectivity index (χ0n) is 11.3. The van der Waals surface area contributed by atoms with Crippen LogP contribution >= 0.6 is 0 Å². The van der Waals surface area contributed by atoms with Gasteiger partial charge in [-0.3, -0.25) is 0 Å². The average molecular weight is 244 g/mol. The third-order valence-electron chi connectivity index (χ3n) is 4.16. The predicted octanol–water partition coefficient (Wildman–Crippen LogP) is 1.94. The average Bonchev–Trinajstić information content (AvgIpc) is 2.30. The smallest absolute Gasteiger partial charge is 0.0851 e. The van der Waals surface area contributed by atoms with Gasteiger partial charge in [-0.15, -0.1) is 0 Å². The summed E-state index contributed by atoms with van der Waals surface area (Å²) in [6, 6.07) is 0. The molecule has 0 aromatic carbocycles. The molecule has 1 fully saturated rings.